The SMILES string of the molecule is CN(C)S(=O)(=O)CCNC(=O)C1(C)CCNC1. The van der Waals surface area contributed by atoms with Gasteiger partial charge in [0.25, 0.3) is 0 Å². The van der Waals surface area contributed by atoms with Crippen LogP contribution in [0.4, 0.5) is 0 Å². The molecule has 0 aromatic heterocycles. The van der Waals surface area contributed by atoms with E-state index in [1.807, 2.05) is 6.92 Å². The molecular weight excluding hydrogens is 242 g/mol. The van der Waals surface area contributed by atoms with Crippen molar-refractivity contribution in [1.82, 2.24) is 14.9 Å². The minimum Gasteiger partial charge on any atom is -0.355 e. The minimum atomic E-state index is -3.23. The molecule has 0 spiro atoms. The van der Waals surface area contributed by atoms with Crippen LogP contribution >= 0.6 is 0 Å². The van der Waals surface area contributed by atoms with Crippen LogP contribution in [0.2, 0.25) is 0 Å². The van der Waals surface area contributed by atoms with Gasteiger partial charge in [0.15, 0.2) is 0 Å². The standard InChI is InChI=1S/C10H21N3O3S/c1-10(4-5-11-8-10)9(14)12-6-7-17(15,16)13(2)3/h11H,4-8H2,1-3H3,(H,12,14). The van der Waals surface area contributed by atoms with Gasteiger partial charge in [0.2, 0.25) is 15.9 Å². The van der Waals surface area contributed by atoms with Crippen LogP contribution in [0.5, 0.6) is 0 Å². The first kappa shape index (κ1) is 14.4. The van der Waals surface area contributed by atoms with E-state index in [0.717, 1.165) is 17.3 Å². The van der Waals surface area contributed by atoms with Crippen molar-refractivity contribution >= 4 is 15.9 Å². The van der Waals surface area contributed by atoms with E-state index < -0.39 is 15.4 Å². The molecule has 0 bridgehead atoms. The van der Waals surface area contributed by atoms with Gasteiger partial charge in [0.05, 0.1) is 11.2 Å². The number of nitrogens with one attached hydrogen (secondary N) is 2. The zero-order valence-corrected chi connectivity index (χ0v) is 11.4. The van der Waals surface area contributed by atoms with Crippen molar-refractivity contribution in [2.75, 3.05) is 39.5 Å². The molecule has 1 aliphatic rings. The summed E-state index contributed by atoms with van der Waals surface area (Å²) in [6.45, 7) is 3.54. The van der Waals surface area contributed by atoms with E-state index in [-0.39, 0.29) is 18.2 Å². The molecule has 100 valence electrons. The van der Waals surface area contributed by atoms with E-state index in [1.165, 1.54) is 14.1 Å². The van der Waals surface area contributed by atoms with Gasteiger partial charge in [0, 0.05) is 27.2 Å². The topological polar surface area (TPSA) is 78.5 Å². The highest BCUT2D eigenvalue weighted by Crippen LogP contribution is 2.24. The van der Waals surface area contributed by atoms with Crippen LogP contribution in [0.25, 0.3) is 0 Å². The van der Waals surface area contributed by atoms with Crippen molar-refractivity contribution < 1.29 is 13.2 Å². The highest BCUT2D eigenvalue weighted by molar-refractivity contribution is 7.89. The van der Waals surface area contributed by atoms with Crippen molar-refractivity contribution in [2.45, 2.75) is 13.3 Å². The predicted molar refractivity (Wildman–Crippen MR) is 66.1 cm³/mol. The number of carbonyl (C=O) groups is 1. The lowest BCUT2D eigenvalue weighted by Gasteiger charge is -2.21. The Kier molecular flexibility index (Phi) is 4.51. The molecule has 1 unspecified atom stereocenters. The van der Waals surface area contributed by atoms with Crippen LogP contribution in [0.1, 0.15) is 13.3 Å². The highest BCUT2D eigenvalue weighted by Gasteiger charge is 2.36. The van der Waals surface area contributed by atoms with Crippen molar-refractivity contribution in [2.24, 2.45) is 5.41 Å². The molecule has 17 heavy (non-hydrogen) atoms. The maximum atomic E-state index is 11.9. The quantitative estimate of drug-likeness (QED) is 0.666. The van der Waals surface area contributed by atoms with E-state index >= 15 is 0 Å². The summed E-state index contributed by atoms with van der Waals surface area (Å²) in [6, 6.07) is 0. The molecule has 2 N–H and O–H groups in total. The van der Waals surface area contributed by atoms with Crippen LogP contribution in [-0.2, 0) is 14.8 Å². The van der Waals surface area contributed by atoms with Gasteiger partial charge in [0.1, 0.15) is 0 Å². The first-order valence-corrected chi connectivity index (χ1v) is 7.28. The molecule has 1 heterocycles. The average Bonchev–Trinajstić information content (AvgIpc) is 2.66. The first-order chi connectivity index (χ1) is 7.78. The number of carbonyl (C=O) groups excluding carboxylic acids is 1. The third kappa shape index (κ3) is 3.65. The third-order valence-electron chi connectivity index (χ3n) is 3.12. The minimum absolute atomic E-state index is 0.0603. The Morgan fingerprint density at radius 1 is 1.47 bits per heavy atom. The van der Waals surface area contributed by atoms with Gasteiger partial charge in [-0.25, -0.2) is 12.7 Å². The largest absolute Gasteiger partial charge is 0.355 e. The fraction of sp³-hybridized carbons (Fsp3) is 0.900. The zero-order valence-electron chi connectivity index (χ0n) is 10.6. The van der Waals surface area contributed by atoms with Gasteiger partial charge in [-0.15, -0.1) is 0 Å². The molecule has 1 rings (SSSR count). The van der Waals surface area contributed by atoms with E-state index in [4.69, 9.17) is 0 Å². The van der Waals surface area contributed by atoms with Gasteiger partial charge in [-0.05, 0) is 19.9 Å². The molecule has 0 aliphatic carbocycles. The molecule has 6 nitrogen and oxygen atoms in total. The maximum Gasteiger partial charge on any atom is 0.227 e. The summed E-state index contributed by atoms with van der Waals surface area (Å²) in [5.41, 5.74) is -0.401. The van der Waals surface area contributed by atoms with E-state index in [1.54, 1.807) is 0 Å². The fourth-order valence-electron chi connectivity index (χ4n) is 1.70. The normalized spacial score (nSPS) is 25.2. The Hall–Kier alpha value is -0.660. The lowest BCUT2D eigenvalue weighted by Crippen LogP contribution is -2.43. The van der Waals surface area contributed by atoms with Crippen molar-refractivity contribution in [3.63, 3.8) is 0 Å². The monoisotopic (exact) mass is 263 g/mol. The van der Waals surface area contributed by atoms with Gasteiger partial charge >= 0.3 is 0 Å². The second kappa shape index (κ2) is 5.32. The van der Waals surface area contributed by atoms with E-state index in [9.17, 15) is 13.2 Å². The number of hydrogen-bond donors (Lipinski definition) is 2. The smallest absolute Gasteiger partial charge is 0.227 e. The highest BCUT2D eigenvalue weighted by atomic mass is 32.2. The van der Waals surface area contributed by atoms with Gasteiger partial charge in [-0.1, -0.05) is 0 Å². The summed E-state index contributed by atoms with van der Waals surface area (Å²) in [5.74, 6) is -0.133. The van der Waals surface area contributed by atoms with Crippen LogP contribution in [0.15, 0.2) is 0 Å². The fourth-order valence-corrected chi connectivity index (χ4v) is 2.43. The Morgan fingerprint density at radius 3 is 2.59 bits per heavy atom. The predicted octanol–water partition coefficient (Wildman–Crippen LogP) is -1.01. The molecule has 7 heteroatoms. The number of nitrogens with zero attached hydrogens (tertiary/aromatic N) is 1. The van der Waals surface area contributed by atoms with Gasteiger partial charge in [-0.3, -0.25) is 4.79 Å². The third-order valence-corrected chi connectivity index (χ3v) is 4.95. The first-order valence-electron chi connectivity index (χ1n) is 5.67. The molecular formula is C10H21N3O3S. The number of rotatable bonds is 5. The molecule has 1 fully saturated rings. The summed E-state index contributed by atoms with van der Waals surface area (Å²) in [7, 11) is -0.263. The number of sulfonamides is 1. The summed E-state index contributed by atoms with van der Waals surface area (Å²) >= 11 is 0. The molecule has 1 aliphatic heterocycles. The average molecular weight is 263 g/mol. The molecule has 0 radical (unpaired) electrons. The van der Waals surface area contributed by atoms with Crippen LogP contribution in [0, 0.1) is 5.41 Å². The molecule has 0 aromatic rings. The molecule has 1 saturated heterocycles. The Balaban J connectivity index is 2.39. The summed E-state index contributed by atoms with van der Waals surface area (Å²) in [5, 5.41) is 5.82. The molecule has 0 saturated carbocycles. The Bertz CT molecular complexity index is 372. The Labute approximate surface area is 103 Å². The molecule has 1 atom stereocenters. The van der Waals surface area contributed by atoms with Crippen LogP contribution < -0.4 is 10.6 Å². The summed E-state index contributed by atoms with van der Waals surface area (Å²) in [4.78, 5) is 11.9. The second-order valence-corrected chi connectivity index (χ2v) is 7.14. The zero-order chi connectivity index (χ0) is 13.1. The van der Waals surface area contributed by atoms with Crippen molar-refractivity contribution in [1.29, 1.82) is 0 Å². The van der Waals surface area contributed by atoms with Crippen LogP contribution in [-0.4, -0.2) is 58.1 Å². The maximum absolute atomic E-state index is 11.9. The van der Waals surface area contributed by atoms with Crippen molar-refractivity contribution in [3.8, 4) is 0 Å². The number of amides is 1. The lowest BCUT2D eigenvalue weighted by molar-refractivity contribution is -0.129. The van der Waals surface area contributed by atoms with Gasteiger partial charge in [-0.2, -0.15) is 0 Å². The molecule has 1 amide bonds. The van der Waals surface area contributed by atoms with Gasteiger partial charge < -0.3 is 10.6 Å². The van der Waals surface area contributed by atoms with E-state index in [0.29, 0.717) is 6.54 Å². The summed E-state index contributed by atoms with van der Waals surface area (Å²) in [6.07, 6.45) is 0.791. The summed E-state index contributed by atoms with van der Waals surface area (Å²) < 4.78 is 24.1. The lowest BCUT2D eigenvalue weighted by atomic mass is 9.89. The molecule has 0 aromatic carbocycles. The second-order valence-electron chi connectivity index (χ2n) is 4.84. The van der Waals surface area contributed by atoms with E-state index in [2.05, 4.69) is 10.6 Å². The Morgan fingerprint density at radius 2 is 2.12 bits per heavy atom. The number of hydrogen-bond acceptors (Lipinski definition) is 4. The van der Waals surface area contributed by atoms with Crippen LogP contribution in [0.3, 0.4) is 0 Å². The van der Waals surface area contributed by atoms with Crippen molar-refractivity contribution in [3.05, 3.63) is 0 Å².